The van der Waals surface area contributed by atoms with Crippen molar-refractivity contribution < 1.29 is 9.47 Å². The predicted molar refractivity (Wildman–Crippen MR) is 62.8 cm³/mol. The van der Waals surface area contributed by atoms with Crippen molar-refractivity contribution >= 4 is 0 Å². The maximum absolute atomic E-state index is 5.86. The SMILES string of the molecule is COc1ccnc(OC2CCC(C)CC2)c1. The maximum Gasteiger partial charge on any atom is 0.217 e. The first kappa shape index (κ1) is 11.2. The van der Waals surface area contributed by atoms with Crippen molar-refractivity contribution in [1.82, 2.24) is 4.98 Å². The molecule has 3 nitrogen and oxygen atoms in total. The highest BCUT2D eigenvalue weighted by Crippen LogP contribution is 2.27. The van der Waals surface area contributed by atoms with E-state index >= 15 is 0 Å². The van der Waals surface area contributed by atoms with Crippen LogP contribution >= 0.6 is 0 Å². The number of hydrogen-bond acceptors (Lipinski definition) is 3. The molecule has 0 radical (unpaired) electrons. The van der Waals surface area contributed by atoms with Gasteiger partial charge in [-0.25, -0.2) is 4.98 Å². The summed E-state index contributed by atoms with van der Waals surface area (Å²) in [7, 11) is 1.65. The number of hydrogen-bond donors (Lipinski definition) is 0. The summed E-state index contributed by atoms with van der Waals surface area (Å²) in [5.41, 5.74) is 0. The molecule has 0 N–H and O–H groups in total. The molecule has 1 aliphatic rings. The van der Waals surface area contributed by atoms with E-state index in [-0.39, 0.29) is 0 Å². The molecule has 0 amide bonds. The Morgan fingerprint density at radius 3 is 2.69 bits per heavy atom. The standard InChI is InChI=1S/C13H19NO2/c1-10-3-5-11(6-4-10)16-13-9-12(15-2)7-8-14-13/h7-11H,3-6H2,1-2H3. The molecule has 1 aromatic heterocycles. The minimum Gasteiger partial charge on any atom is -0.497 e. The van der Waals surface area contributed by atoms with Crippen LogP contribution in [-0.2, 0) is 0 Å². The highest BCUT2D eigenvalue weighted by molar-refractivity contribution is 5.26. The van der Waals surface area contributed by atoms with Crippen LogP contribution in [0.15, 0.2) is 18.3 Å². The monoisotopic (exact) mass is 221 g/mol. The second-order valence-electron chi connectivity index (χ2n) is 4.53. The van der Waals surface area contributed by atoms with Crippen LogP contribution < -0.4 is 9.47 Å². The van der Waals surface area contributed by atoms with Crippen molar-refractivity contribution in [3.63, 3.8) is 0 Å². The molecule has 3 heteroatoms. The van der Waals surface area contributed by atoms with Crippen LogP contribution in [0.1, 0.15) is 32.6 Å². The lowest BCUT2D eigenvalue weighted by Crippen LogP contribution is -2.23. The van der Waals surface area contributed by atoms with E-state index in [1.54, 1.807) is 13.3 Å². The molecule has 0 unspecified atom stereocenters. The van der Waals surface area contributed by atoms with E-state index in [2.05, 4.69) is 11.9 Å². The summed E-state index contributed by atoms with van der Waals surface area (Å²) >= 11 is 0. The van der Waals surface area contributed by atoms with Gasteiger partial charge in [0.1, 0.15) is 11.9 Å². The third-order valence-corrected chi connectivity index (χ3v) is 3.19. The summed E-state index contributed by atoms with van der Waals surface area (Å²) in [6.45, 7) is 2.31. The molecule has 1 saturated carbocycles. The number of ether oxygens (including phenoxy) is 2. The lowest BCUT2D eigenvalue weighted by atomic mass is 9.89. The molecule has 0 aromatic carbocycles. The Labute approximate surface area is 96.8 Å². The molecule has 1 aromatic rings. The molecule has 1 heterocycles. The molecule has 16 heavy (non-hydrogen) atoms. The van der Waals surface area contributed by atoms with Crippen LogP contribution in [0.2, 0.25) is 0 Å². The van der Waals surface area contributed by atoms with E-state index in [1.807, 2.05) is 12.1 Å². The number of nitrogens with zero attached hydrogens (tertiary/aromatic N) is 1. The zero-order chi connectivity index (χ0) is 11.4. The van der Waals surface area contributed by atoms with Crippen molar-refractivity contribution in [3.05, 3.63) is 18.3 Å². The van der Waals surface area contributed by atoms with Crippen LogP contribution in [0.5, 0.6) is 11.6 Å². The summed E-state index contributed by atoms with van der Waals surface area (Å²) in [5, 5.41) is 0. The fourth-order valence-corrected chi connectivity index (χ4v) is 2.10. The van der Waals surface area contributed by atoms with Gasteiger partial charge >= 0.3 is 0 Å². The Bertz CT molecular complexity index is 332. The lowest BCUT2D eigenvalue weighted by Gasteiger charge is -2.26. The van der Waals surface area contributed by atoms with Crippen molar-refractivity contribution in [2.75, 3.05) is 7.11 Å². The van der Waals surface area contributed by atoms with Crippen LogP contribution in [0.3, 0.4) is 0 Å². The third-order valence-electron chi connectivity index (χ3n) is 3.19. The Hall–Kier alpha value is -1.25. The summed E-state index contributed by atoms with van der Waals surface area (Å²) in [6.07, 6.45) is 6.85. The summed E-state index contributed by atoms with van der Waals surface area (Å²) in [4.78, 5) is 4.20. The zero-order valence-electron chi connectivity index (χ0n) is 9.98. The highest BCUT2D eigenvalue weighted by Gasteiger charge is 2.19. The molecule has 1 fully saturated rings. The van der Waals surface area contributed by atoms with Gasteiger partial charge in [0.25, 0.3) is 0 Å². The van der Waals surface area contributed by atoms with Gasteiger partial charge in [0.15, 0.2) is 0 Å². The number of rotatable bonds is 3. The molecule has 0 atom stereocenters. The van der Waals surface area contributed by atoms with E-state index in [9.17, 15) is 0 Å². The minimum atomic E-state index is 0.329. The highest BCUT2D eigenvalue weighted by atomic mass is 16.5. The van der Waals surface area contributed by atoms with Gasteiger partial charge in [0.2, 0.25) is 5.88 Å². The van der Waals surface area contributed by atoms with Gasteiger partial charge in [-0.3, -0.25) is 0 Å². The second-order valence-corrected chi connectivity index (χ2v) is 4.53. The average Bonchev–Trinajstić information content (AvgIpc) is 2.32. The van der Waals surface area contributed by atoms with Crippen molar-refractivity contribution in [1.29, 1.82) is 0 Å². The molecule has 0 saturated heterocycles. The maximum atomic E-state index is 5.86. The van der Waals surface area contributed by atoms with Crippen LogP contribution in [0.4, 0.5) is 0 Å². The average molecular weight is 221 g/mol. The van der Waals surface area contributed by atoms with E-state index < -0.39 is 0 Å². The second kappa shape index (κ2) is 5.19. The number of aromatic nitrogens is 1. The van der Waals surface area contributed by atoms with Crippen LogP contribution in [0, 0.1) is 5.92 Å². The fraction of sp³-hybridized carbons (Fsp3) is 0.615. The molecule has 0 aliphatic heterocycles. The van der Waals surface area contributed by atoms with Gasteiger partial charge in [-0.15, -0.1) is 0 Å². The molecule has 1 aliphatic carbocycles. The minimum absolute atomic E-state index is 0.329. The summed E-state index contributed by atoms with van der Waals surface area (Å²) in [5.74, 6) is 2.33. The van der Waals surface area contributed by atoms with E-state index in [1.165, 1.54) is 12.8 Å². The normalized spacial score (nSPS) is 25.1. The first-order chi connectivity index (χ1) is 7.78. The van der Waals surface area contributed by atoms with Crippen molar-refractivity contribution in [2.45, 2.75) is 38.7 Å². The van der Waals surface area contributed by atoms with E-state index in [0.29, 0.717) is 12.0 Å². The third kappa shape index (κ3) is 2.87. The van der Waals surface area contributed by atoms with Crippen LogP contribution in [-0.4, -0.2) is 18.2 Å². The predicted octanol–water partition coefficient (Wildman–Crippen LogP) is 3.05. The summed E-state index contributed by atoms with van der Waals surface area (Å²) in [6, 6.07) is 3.67. The zero-order valence-corrected chi connectivity index (χ0v) is 9.98. The van der Waals surface area contributed by atoms with Gasteiger partial charge < -0.3 is 9.47 Å². The molecule has 0 bridgehead atoms. The molecular weight excluding hydrogens is 202 g/mol. The fourth-order valence-electron chi connectivity index (χ4n) is 2.10. The number of methoxy groups -OCH3 is 1. The molecule has 88 valence electrons. The Morgan fingerprint density at radius 2 is 2.00 bits per heavy atom. The van der Waals surface area contributed by atoms with Gasteiger partial charge in [-0.2, -0.15) is 0 Å². The van der Waals surface area contributed by atoms with Gasteiger partial charge in [-0.1, -0.05) is 6.92 Å². The van der Waals surface area contributed by atoms with Crippen molar-refractivity contribution in [2.24, 2.45) is 5.92 Å². The topological polar surface area (TPSA) is 31.4 Å². The molecule has 0 spiro atoms. The van der Waals surface area contributed by atoms with Gasteiger partial charge in [0.05, 0.1) is 7.11 Å². The van der Waals surface area contributed by atoms with E-state index in [0.717, 1.165) is 24.5 Å². The van der Waals surface area contributed by atoms with Gasteiger partial charge in [0, 0.05) is 12.3 Å². The quantitative estimate of drug-likeness (QED) is 0.786. The molecular formula is C13H19NO2. The first-order valence-electron chi connectivity index (χ1n) is 5.94. The summed E-state index contributed by atoms with van der Waals surface area (Å²) < 4.78 is 11.0. The van der Waals surface area contributed by atoms with Crippen molar-refractivity contribution in [3.8, 4) is 11.6 Å². The lowest BCUT2D eigenvalue weighted by molar-refractivity contribution is 0.129. The van der Waals surface area contributed by atoms with Crippen LogP contribution in [0.25, 0.3) is 0 Å². The molecule has 2 rings (SSSR count). The Morgan fingerprint density at radius 1 is 1.25 bits per heavy atom. The Kier molecular flexibility index (Phi) is 3.65. The van der Waals surface area contributed by atoms with Gasteiger partial charge in [-0.05, 0) is 37.7 Å². The Balaban J connectivity index is 1.93. The largest absolute Gasteiger partial charge is 0.497 e. The smallest absolute Gasteiger partial charge is 0.217 e. The number of pyridine rings is 1. The van der Waals surface area contributed by atoms with E-state index in [4.69, 9.17) is 9.47 Å². The first-order valence-corrected chi connectivity index (χ1v) is 5.94.